The summed E-state index contributed by atoms with van der Waals surface area (Å²) in [6.07, 6.45) is -6.75. The second-order valence-electron chi connectivity index (χ2n) is 7.00. The molecular weight excluding hydrogens is 468 g/mol. The van der Waals surface area contributed by atoms with Crippen LogP contribution in [-0.4, -0.2) is 120 Å². The minimum Gasteiger partial charge on any atom is -0.481 e. The highest BCUT2D eigenvalue weighted by Gasteiger charge is 2.41. The van der Waals surface area contributed by atoms with Crippen molar-refractivity contribution in [3.8, 4) is 0 Å². The Balaban J connectivity index is 0. The number of carbonyl (C=O) groups excluding carboxylic acids is 1. The van der Waals surface area contributed by atoms with Crippen LogP contribution in [0.3, 0.4) is 0 Å². The first-order valence-corrected chi connectivity index (χ1v) is 9.61. The number of carbonyl (C=O) groups is 4. The molecule has 17 nitrogen and oxygen atoms in total. The highest BCUT2D eigenvalue weighted by molar-refractivity contribution is 5.88. The predicted octanol–water partition coefficient (Wildman–Crippen LogP) is -5.05. The lowest BCUT2D eigenvalue weighted by Gasteiger charge is -2.23. The van der Waals surface area contributed by atoms with Gasteiger partial charge < -0.3 is 62.4 Å². The van der Waals surface area contributed by atoms with Gasteiger partial charge in [-0.1, -0.05) is 0 Å². The fourth-order valence-corrected chi connectivity index (χ4v) is 2.06. The van der Waals surface area contributed by atoms with Crippen LogP contribution in [0.25, 0.3) is 0 Å². The van der Waals surface area contributed by atoms with E-state index in [0.717, 1.165) is 0 Å². The van der Waals surface area contributed by atoms with Gasteiger partial charge in [-0.15, -0.1) is 0 Å². The second-order valence-corrected chi connectivity index (χ2v) is 7.00. The molecule has 0 aromatic rings. The maximum Gasteiger partial charge on any atom is 0.336 e. The maximum atomic E-state index is 11.4. The third kappa shape index (κ3) is 14.9. The number of nitrogens with one attached hydrogen (secondary N) is 2. The Labute approximate surface area is 193 Å². The number of carboxylic acid groups (broad SMARTS) is 3. The minimum absolute atomic E-state index is 0.112. The van der Waals surface area contributed by atoms with Crippen molar-refractivity contribution in [1.82, 2.24) is 5.32 Å². The quantitative estimate of drug-likeness (QED) is 0.0433. The van der Waals surface area contributed by atoms with Gasteiger partial charge in [-0.2, -0.15) is 0 Å². The standard InChI is InChI=1S/C11H18O11.C6H14N4O2/c12-3-5(13)9(18)6(14)4-22-8(17)2-11(21,10(19)20)1-7(15)16;7-4(5(11)12)2-1-3-10-6(8)9/h5-6,9,12-14,18,21H,1-4H2,(H,15,16)(H,19,20);4H,1-3,7H2,(H,11,12)(H4,8,9,10)/t5-,6+,9+,11?;4-/m10/s1. The summed E-state index contributed by atoms with van der Waals surface area (Å²) in [5, 5.41) is 80.7. The summed E-state index contributed by atoms with van der Waals surface area (Å²) < 4.78 is 4.39. The van der Waals surface area contributed by atoms with Crippen molar-refractivity contribution in [1.29, 1.82) is 5.41 Å². The van der Waals surface area contributed by atoms with Crippen LogP contribution in [0.4, 0.5) is 0 Å². The highest BCUT2D eigenvalue weighted by Crippen LogP contribution is 2.17. The van der Waals surface area contributed by atoms with Gasteiger partial charge >= 0.3 is 23.9 Å². The van der Waals surface area contributed by atoms with E-state index < -0.39 is 79.9 Å². The minimum atomic E-state index is -2.88. The van der Waals surface area contributed by atoms with Crippen molar-refractivity contribution in [2.24, 2.45) is 11.5 Å². The van der Waals surface area contributed by atoms with E-state index in [-0.39, 0.29) is 5.96 Å². The van der Waals surface area contributed by atoms with Gasteiger partial charge in [0.15, 0.2) is 11.6 Å². The first kappa shape index (κ1) is 33.1. The molecule has 0 aliphatic carbocycles. The number of rotatable bonds is 15. The average Bonchev–Trinajstić information content (AvgIpc) is 2.73. The van der Waals surface area contributed by atoms with Gasteiger partial charge in [0, 0.05) is 6.54 Å². The van der Waals surface area contributed by atoms with Crippen LogP contribution in [0.1, 0.15) is 25.7 Å². The number of hydrogen-bond donors (Lipinski definition) is 12. The summed E-state index contributed by atoms with van der Waals surface area (Å²) >= 11 is 0. The van der Waals surface area contributed by atoms with E-state index in [1.807, 2.05) is 0 Å². The normalized spacial score (nSPS) is 15.8. The van der Waals surface area contributed by atoms with Crippen LogP contribution in [0.5, 0.6) is 0 Å². The van der Waals surface area contributed by atoms with Crippen LogP contribution >= 0.6 is 0 Å². The van der Waals surface area contributed by atoms with Crippen molar-refractivity contribution in [2.45, 2.75) is 55.6 Å². The van der Waals surface area contributed by atoms with Crippen molar-refractivity contribution < 1.29 is 64.8 Å². The molecule has 0 saturated carbocycles. The number of hydrogen-bond acceptors (Lipinski definition) is 12. The zero-order chi connectivity index (χ0) is 27.1. The van der Waals surface area contributed by atoms with Gasteiger partial charge in [-0.3, -0.25) is 19.8 Å². The monoisotopic (exact) mass is 500 g/mol. The molecule has 34 heavy (non-hydrogen) atoms. The molecular formula is C17H32N4O13. The topological polar surface area (TPSA) is 327 Å². The molecule has 0 bridgehead atoms. The molecule has 1 unspecified atom stereocenters. The van der Waals surface area contributed by atoms with Gasteiger partial charge in [0.2, 0.25) is 0 Å². The van der Waals surface area contributed by atoms with E-state index in [1.54, 1.807) is 0 Å². The predicted molar refractivity (Wildman–Crippen MR) is 110 cm³/mol. The number of ether oxygens (including phenoxy) is 1. The van der Waals surface area contributed by atoms with Crippen LogP contribution in [-0.2, 0) is 23.9 Å². The van der Waals surface area contributed by atoms with Crippen molar-refractivity contribution >= 4 is 29.8 Å². The highest BCUT2D eigenvalue weighted by atomic mass is 16.5. The molecule has 17 heteroatoms. The zero-order valence-electron chi connectivity index (χ0n) is 18.0. The number of guanidine groups is 1. The molecule has 0 aliphatic rings. The summed E-state index contributed by atoms with van der Waals surface area (Å²) in [6.45, 7) is -1.24. The fraction of sp³-hybridized carbons (Fsp3) is 0.706. The molecule has 14 N–H and O–H groups in total. The van der Waals surface area contributed by atoms with E-state index in [0.29, 0.717) is 19.4 Å². The van der Waals surface area contributed by atoms with E-state index >= 15 is 0 Å². The molecule has 198 valence electrons. The van der Waals surface area contributed by atoms with E-state index in [2.05, 4.69) is 10.1 Å². The second kappa shape index (κ2) is 16.5. The van der Waals surface area contributed by atoms with Crippen LogP contribution in [0.15, 0.2) is 0 Å². The molecule has 0 radical (unpaired) electrons. The van der Waals surface area contributed by atoms with Gasteiger partial charge in [0.1, 0.15) is 31.0 Å². The smallest absolute Gasteiger partial charge is 0.336 e. The molecule has 0 fully saturated rings. The van der Waals surface area contributed by atoms with Crippen molar-refractivity contribution in [3.05, 3.63) is 0 Å². The zero-order valence-corrected chi connectivity index (χ0v) is 18.0. The number of nitrogens with two attached hydrogens (primary N) is 2. The lowest BCUT2D eigenvalue weighted by Crippen LogP contribution is -2.45. The number of aliphatic hydroxyl groups is 5. The summed E-state index contributed by atoms with van der Waals surface area (Å²) in [5.41, 5.74) is 7.34. The average molecular weight is 500 g/mol. The molecule has 5 atom stereocenters. The molecule has 0 aromatic carbocycles. The van der Waals surface area contributed by atoms with E-state index in [4.69, 9.17) is 42.4 Å². The summed E-state index contributed by atoms with van der Waals surface area (Å²) in [7, 11) is 0. The third-order valence-electron chi connectivity index (χ3n) is 3.99. The van der Waals surface area contributed by atoms with Gasteiger partial charge in [0.05, 0.1) is 19.4 Å². The number of aliphatic hydroxyl groups excluding tert-OH is 4. The summed E-state index contributed by atoms with van der Waals surface area (Å²) in [4.78, 5) is 42.8. The molecule has 0 spiro atoms. The Morgan fingerprint density at radius 2 is 1.59 bits per heavy atom. The number of aliphatic carboxylic acids is 3. The van der Waals surface area contributed by atoms with E-state index in [9.17, 15) is 34.5 Å². The number of carboxylic acids is 3. The summed E-state index contributed by atoms with van der Waals surface area (Å²) in [5.74, 6) is -6.05. The molecule has 0 saturated heterocycles. The Hall–Kier alpha value is -3.09. The Morgan fingerprint density at radius 3 is 2.00 bits per heavy atom. The summed E-state index contributed by atoms with van der Waals surface area (Å²) in [6, 6.07) is -0.821. The lowest BCUT2D eigenvalue weighted by atomic mass is 9.96. The first-order chi connectivity index (χ1) is 15.6. The number of esters is 1. The van der Waals surface area contributed by atoms with Gasteiger partial charge in [-0.05, 0) is 12.8 Å². The Morgan fingerprint density at radius 1 is 1.03 bits per heavy atom. The van der Waals surface area contributed by atoms with Gasteiger partial charge in [0.25, 0.3) is 0 Å². The molecule has 0 aromatic heterocycles. The molecule has 0 rings (SSSR count). The molecule has 0 heterocycles. The van der Waals surface area contributed by atoms with E-state index in [1.165, 1.54) is 0 Å². The lowest BCUT2D eigenvalue weighted by molar-refractivity contribution is -0.174. The first-order valence-electron chi connectivity index (χ1n) is 9.61. The molecule has 0 amide bonds. The van der Waals surface area contributed by atoms with Crippen LogP contribution in [0, 0.1) is 5.41 Å². The Bertz CT molecular complexity index is 692. The van der Waals surface area contributed by atoms with Crippen LogP contribution in [0.2, 0.25) is 0 Å². The fourth-order valence-electron chi connectivity index (χ4n) is 2.06. The van der Waals surface area contributed by atoms with Crippen LogP contribution < -0.4 is 16.8 Å². The third-order valence-corrected chi connectivity index (χ3v) is 3.99. The molecule has 0 aliphatic heterocycles. The maximum absolute atomic E-state index is 11.4. The van der Waals surface area contributed by atoms with Gasteiger partial charge in [-0.25, -0.2) is 4.79 Å². The van der Waals surface area contributed by atoms with Crippen molar-refractivity contribution in [2.75, 3.05) is 19.8 Å². The van der Waals surface area contributed by atoms with Crippen molar-refractivity contribution in [3.63, 3.8) is 0 Å². The SMILES string of the molecule is N=C(N)NCCC[C@H](N)C(=O)O.O=C(O)CC(O)(CC(=O)OC[C@H](O)[C@@H](O)[C@H](O)CO)C(=O)O. The largest absolute Gasteiger partial charge is 0.481 e. The Kier molecular flexibility index (Phi) is 16.1.